The zero-order chi connectivity index (χ0) is 78.3. The Hall–Kier alpha value is -8.10. The molecule has 10 atom stereocenters. The summed E-state index contributed by atoms with van der Waals surface area (Å²) < 4.78 is 146. The zero-order valence-electron chi connectivity index (χ0n) is 61.4. The Labute approximate surface area is 605 Å². The van der Waals surface area contributed by atoms with Crippen LogP contribution in [0, 0.1) is 35.3 Å². The molecule has 34 heteroatoms. The van der Waals surface area contributed by atoms with E-state index in [0.29, 0.717) is 49.1 Å². The second kappa shape index (κ2) is 34.6. The molecule has 3 saturated carbocycles. The van der Waals surface area contributed by atoms with E-state index in [9.17, 15) is 55.5 Å². The number of amides is 12. The van der Waals surface area contributed by atoms with Gasteiger partial charge in [0.05, 0.1) is 25.4 Å². The van der Waals surface area contributed by atoms with Crippen LogP contribution >= 0.6 is 0 Å². The molecule has 7 rings (SSSR count). The molecule has 1 aromatic carbocycles. The third kappa shape index (κ3) is 19.8. The first-order chi connectivity index (χ1) is 49.0. The average Bonchev–Trinajstić information content (AvgIpc) is 1.17. The van der Waals surface area contributed by atoms with Gasteiger partial charge in [0.1, 0.15) is 71.1 Å². The Balaban J connectivity index is 1.34. The third-order valence-electron chi connectivity index (χ3n) is 22.2. The van der Waals surface area contributed by atoms with Crippen molar-refractivity contribution in [3.63, 3.8) is 0 Å². The van der Waals surface area contributed by atoms with Crippen LogP contribution in [0.5, 0.6) is 0 Å². The maximum absolute atomic E-state index is 15.3. The predicted molar refractivity (Wildman–Crippen MR) is 360 cm³/mol. The van der Waals surface area contributed by atoms with E-state index in [2.05, 4.69) is 16.0 Å². The summed E-state index contributed by atoms with van der Waals surface area (Å²) in [6, 6.07) is -12.2. The van der Waals surface area contributed by atoms with E-state index >= 15 is 45.9 Å². The van der Waals surface area contributed by atoms with Gasteiger partial charge in [-0.05, 0) is 125 Å². The first-order valence-electron chi connectivity index (χ1n) is 35.9. The summed E-state index contributed by atoms with van der Waals surface area (Å²) in [5.74, 6) is -22.9. The Morgan fingerprint density at radius 3 is 1.83 bits per heavy atom. The quantitative estimate of drug-likeness (QED) is 0.185. The van der Waals surface area contributed by atoms with E-state index in [-0.39, 0.29) is 64.3 Å². The monoisotopic (exact) mass is 1500 g/mol. The lowest BCUT2D eigenvalue weighted by atomic mass is 9.74. The highest BCUT2D eigenvalue weighted by Crippen LogP contribution is 2.43. The third-order valence-corrected chi connectivity index (χ3v) is 22.2. The van der Waals surface area contributed by atoms with Gasteiger partial charge >= 0.3 is 12.4 Å². The number of nitrogens with one attached hydrogen (secondary N) is 3. The van der Waals surface area contributed by atoms with Gasteiger partial charge in [-0.15, -0.1) is 0 Å². The smallest absolute Gasteiger partial charge is 0.347 e. The summed E-state index contributed by atoms with van der Waals surface area (Å²) in [6.45, 7) is 1.80. The Kier molecular flexibility index (Phi) is 27.8. The van der Waals surface area contributed by atoms with E-state index in [1.807, 2.05) is 0 Å². The van der Waals surface area contributed by atoms with Crippen LogP contribution in [0.1, 0.15) is 154 Å². The van der Waals surface area contributed by atoms with Crippen LogP contribution in [0.3, 0.4) is 0 Å². The molecule has 586 valence electrons. The number of carbonyl (C=O) groups is 12. The van der Waals surface area contributed by atoms with Crippen LogP contribution in [0.25, 0.3) is 0 Å². The minimum absolute atomic E-state index is 0.0418. The molecule has 5 fully saturated rings. The lowest BCUT2D eigenvalue weighted by Crippen LogP contribution is -2.68. The van der Waals surface area contributed by atoms with Crippen molar-refractivity contribution in [3.8, 4) is 0 Å². The number of hydrogen-bond acceptors (Lipinski definition) is 12. The van der Waals surface area contributed by atoms with Gasteiger partial charge in [-0.3, -0.25) is 57.5 Å². The Morgan fingerprint density at radius 2 is 1.28 bits per heavy atom. The van der Waals surface area contributed by atoms with Gasteiger partial charge in [0.2, 0.25) is 76.8 Å². The molecule has 3 aliphatic heterocycles. The molecular formula is C71H100F10N12O12. The van der Waals surface area contributed by atoms with Crippen molar-refractivity contribution in [2.45, 2.75) is 221 Å². The minimum Gasteiger partial charge on any atom is -0.347 e. The molecule has 1 aromatic rings. The molecule has 6 aliphatic rings. The maximum Gasteiger partial charge on any atom is 0.422 e. The largest absolute Gasteiger partial charge is 0.422 e. The number of halogens is 10. The normalized spacial score (nSPS) is 28.0. The standard InChI is InChI=1S/C71H100F10N12O12/c1-12-40(3)57-65(103)87(7)39-55(96)89(9)49-22-15-14-18-31-92(64(49)102)52(34-41-25-29-69(74,75)30-26-41)63(101)86(6)38-53(94)82-47(24-23-42-32-45(72)56(46(73)33-42)71(79,80)81)61(99)93-37-44(70(76,77)78)35-50(93)60(98)84-68(27-19-28-68)67(105)91(11)58(43-20-16-17-21-43)66(104)90(10)51(62(100)85(4)5)36-54(95)88(8)48(13-2)59(97)83-57/h14-15,32-33,40-41,43-44,47-52,57-58H,12-13,16-31,34-39H2,1-11H3,(H,82,94)(H,83,97)(H,84,98)/b15-14-/t40-,44+,47-,48-,49-,50-,51-,52-,57-,58-/m0/s1. The van der Waals surface area contributed by atoms with Crippen molar-refractivity contribution in [2.24, 2.45) is 23.7 Å². The minimum atomic E-state index is -5.52. The average molecular weight is 1500 g/mol. The number of aryl methyl sites for hydroxylation is 1. The van der Waals surface area contributed by atoms with E-state index in [4.69, 9.17) is 0 Å². The molecular weight excluding hydrogens is 1400 g/mol. The fourth-order valence-corrected chi connectivity index (χ4v) is 15.3. The molecule has 0 unspecified atom stereocenters. The van der Waals surface area contributed by atoms with Crippen molar-refractivity contribution in [2.75, 3.05) is 82.6 Å². The number of benzene rings is 1. The van der Waals surface area contributed by atoms with Gasteiger partial charge in [-0.25, -0.2) is 17.6 Å². The molecule has 3 heterocycles. The number of carbonyl (C=O) groups excluding carboxylic acids is 12. The molecule has 0 aromatic heterocycles. The number of rotatable bonds is 10. The van der Waals surface area contributed by atoms with Crippen LogP contribution in [0.2, 0.25) is 0 Å². The van der Waals surface area contributed by atoms with Crippen molar-refractivity contribution >= 4 is 70.9 Å². The van der Waals surface area contributed by atoms with Gasteiger partial charge in [-0.1, -0.05) is 52.2 Å². The molecule has 2 saturated heterocycles. The Bertz CT molecular complexity index is 3410. The second-order valence-electron chi connectivity index (χ2n) is 29.6. The van der Waals surface area contributed by atoms with Gasteiger partial charge in [-0.2, -0.15) is 26.3 Å². The number of fused-ring (bicyclic) bond motifs is 3. The van der Waals surface area contributed by atoms with Crippen LogP contribution in [0.15, 0.2) is 24.3 Å². The summed E-state index contributed by atoms with van der Waals surface area (Å²) in [5, 5.41) is 7.71. The zero-order valence-corrected chi connectivity index (χ0v) is 61.4. The Morgan fingerprint density at radius 1 is 0.667 bits per heavy atom. The van der Waals surface area contributed by atoms with Crippen molar-refractivity contribution in [1.29, 1.82) is 0 Å². The van der Waals surface area contributed by atoms with Crippen LogP contribution < -0.4 is 16.0 Å². The van der Waals surface area contributed by atoms with E-state index < -0.39 is 248 Å². The van der Waals surface area contributed by atoms with E-state index in [1.54, 1.807) is 32.9 Å². The lowest BCUT2D eigenvalue weighted by Gasteiger charge is -2.46. The number of nitrogens with zero attached hydrogens (tertiary/aromatic N) is 9. The first kappa shape index (κ1) is 84.2. The maximum atomic E-state index is 15.3. The summed E-state index contributed by atoms with van der Waals surface area (Å²) in [5.41, 5.74) is -4.75. The highest BCUT2D eigenvalue weighted by Gasteiger charge is 2.56. The predicted octanol–water partition coefficient (Wildman–Crippen LogP) is 5.83. The highest BCUT2D eigenvalue weighted by atomic mass is 19.4. The SMILES string of the molecule is CC[C@H](C)[C@@H]1NC(=O)[C@H](CC)N(C)C(=O)C[C@@H](C(=O)N(C)C)N(C)C(=O)[C@H](C2CCCC2)N(C)C(=O)C2(CCC2)NC(=O)[C@@H]2C[C@@H](C(F)(F)F)CN2C(=O)[C@H](CCc2cc(F)c(C(F)(F)F)c(F)c2)NC(=O)CN(C)C(=O)[C@H](CC2CCC(F)(F)CC2)N2CC/C=C\C[C@@H](C2=O)N(C)C(=O)CN(C)C1=O. The molecule has 0 radical (unpaired) electrons. The van der Waals surface area contributed by atoms with E-state index in [0.717, 1.165) is 46.2 Å². The summed E-state index contributed by atoms with van der Waals surface area (Å²) in [6.07, 6.45) is -10.4. The lowest BCUT2D eigenvalue weighted by molar-refractivity contribution is -0.171. The second-order valence-corrected chi connectivity index (χ2v) is 29.6. The van der Waals surface area contributed by atoms with Crippen molar-refractivity contribution in [3.05, 3.63) is 47.0 Å². The number of alkyl halides is 8. The van der Waals surface area contributed by atoms with Gasteiger partial charge in [0.15, 0.2) is 0 Å². The number of likely N-dealkylation sites (N-methyl/N-ethyl adjacent to an activating group) is 7. The molecule has 105 heavy (non-hydrogen) atoms. The van der Waals surface area contributed by atoms with Gasteiger partial charge in [0, 0.05) is 82.3 Å². The van der Waals surface area contributed by atoms with Gasteiger partial charge in [0.25, 0.3) is 0 Å². The number of hydrogen-bond donors (Lipinski definition) is 3. The van der Waals surface area contributed by atoms with Crippen molar-refractivity contribution < 1.29 is 101 Å². The molecule has 3 aliphatic carbocycles. The van der Waals surface area contributed by atoms with E-state index in [1.165, 1.54) is 49.3 Å². The van der Waals surface area contributed by atoms with Crippen molar-refractivity contribution in [1.82, 2.24) is 60.0 Å². The summed E-state index contributed by atoms with van der Waals surface area (Å²) >= 11 is 0. The molecule has 12 amide bonds. The van der Waals surface area contributed by atoms with Crippen LogP contribution in [0.4, 0.5) is 43.9 Å². The summed E-state index contributed by atoms with van der Waals surface area (Å²) in [7, 11) is 10.2. The highest BCUT2D eigenvalue weighted by molar-refractivity contribution is 6.01. The molecule has 3 N–H and O–H groups in total. The van der Waals surface area contributed by atoms with Crippen LogP contribution in [-0.4, -0.2) is 264 Å². The molecule has 2 bridgehead atoms. The van der Waals surface area contributed by atoms with Gasteiger partial charge < -0.3 is 60.0 Å². The summed E-state index contributed by atoms with van der Waals surface area (Å²) in [4.78, 5) is 187. The van der Waals surface area contributed by atoms with Crippen LogP contribution in [-0.2, 0) is 70.1 Å². The first-order valence-corrected chi connectivity index (χ1v) is 35.9. The topological polar surface area (TPSA) is 270 Å². The molecule has 24 nitrogen and oxygen atoms in total. The fourth-order valence-electron chi connectivity index (χ4n) is 15.3. The molecule has 1 spiro atoms. The fraction of sp³-hybridized carbons (Fsp3) is 0.718.